The molecule has 3 aliphatic rings. The van der Waals surface area contributed by atoms with Gasteiger partial charge in [0.2, 0.25) is 5.95 Å². The molecule has 3 atom stereocenters. The zero-order valence-corrected chi connectivity index (χ0v) is 17.9. The molecule has 0 radical (unpaired) electrons. The largest absolute Gasteiger partial charge is 0.381 e. The lowest BCUT2D eigenvalue weighted by molar-refractivity contribution is -0.0530. The van der Waals surface area contributed by atoms with Crippen LogP contribution in [0.25, 0.3) is 22.6 Å². The maximum absolute atomic E-state index is 6.00. The summed E-state index contributed by atoms with van der Waals surface area (Å²) in [6.45, 7) is 6.34. The van der Waals surface area contributed by atoms with Crippen LogP contribution in [0.15, 0.2) is 12.4 Å². The number of anilines is 2. The molecule has 6 rings (SSSR count). The van der Waals surface area contributed by atoms with E-state index in [2.05, 4.69) is 19.4 Å². The summed E-state index contributed by atoms with van der Waals surface area (Å²) in [4.78, 5) is 25.5. The summed E-state index contributed by atoms with van der Waals surface area (Å²) in [5.74, 6) is 3.08. The predicted octanol–water partition coefficient (Wildman–Crippen LogP) is 1.74. The number of ether oxygens (including phenoxy) is 2. The Morgan fingerprint density at radius 1 is 1.16 bits per heavy atom. The summed E-state index contributed by atoms with van der Waals surface area (Å²) in [5, 5.41) is 0. The first-order valence-corrected chi connectivity index (χ1v) is 10.7. The van der Waals surface area contributed by atoms with Crippen LogP contribution in [0.1, 0.15) is 32.5 Å². The number of methoxy groups -OCH3 is 1. The van der Waals surface area contributed by atoms with Crippen LogP contribution in [0.5, 0.6) is 0 Å². The molecule has 2 N–H and O–H groups in total. The molecule has 1 saturated heterocycles. The summed E-state index contributed by atoms with van der Waals surface area (Å²) in [5.41, 5.74) is 7.60. The van der Waals surface area contributed by atoms with Crippen molar-refractivity contribution in [2.45, 2.75) is 51.0 Å². The van der Waals surface area contributed by atoms with Gasteiger partial charge in [-0.2, -0.15) is 0 Å². The van der Waals surface area contributed by atoms with Crippen molar-refractivity contribution in [3.8, 4) is 11.4 Å². The van der Waals surface area contributed by atoms with Crippen LogP contribution in [-0.4, -0.2) is 61.9 Å². The normalized spacial score (nSPS) is 26.5. The van der Waals surface area contributed by atoms with Gasteiger partial charge in [0.25, 0.3) is 0 Å². The molecule has 10 heteroatoms. The Labute approximate surface area is 179 Å². The number of rotatable bonds is 3. The predicted molar refractivity (Wildman–Crippen MR) is 114 cm³/mol. The highest BCUT2D eigenvalue weighted by atomic mass is 16.5. The van der Waals surface area contributed by atoms with Gasteiger partial charge in [-0.15, -0.1) is 0 Å². The van der Waals surface area contributed by atoms with E-state index >= 15 is 0 Å². The second-order valence-electron chi connectivity index (χ2n) is 9.13. The topological polar surface area (TPSA) is 117 Å². The maximum Gasteiger partial charge on any atom is 0.219 e. The SMILES string of the molecule is COC1CC2CC1CN2c1nc(-c2cnc(N)nc2)nc2c1nc1n2CCOC1(C)C. The van der Waals surface area contributed by atoms with E-state index < -0.39 is 5.60 Å². The molecule has 10 nitrogen and oxygen atoms in total. The van der Waals surface area contributed by atoms with Gasteiger partial charge in [-0.05, 0) is 26.7 Å². The monoisotopic (exact) mass is 422 g/mol. The fourth-order valence-corrected chi connectivity index (χ4v) is 5.35. The first-order chi connectivity index (χ1) is 14.9. The van der Waals surface area contributed by atoms with Crippen LogP contribution >= 0.6 is 0 Å². The number of hydrogen-bond donors (Lipinski definition) is 1. The van der Waals surface area contributed by atoms with E-state index in [1.807, 2.05) is 21.0 Å². The number of hydrogen-bond acceptors (Lipinski definition) is 9. The average molecular weight is 422 g/mol. The highest BCUT2D eigenvalue weighted by Gasteiger charge is 2.46. The lowest BCUT2D eigenvalue weighted by atomic mass is 10.1. The Balaban J connectivity index is 1.54. The van der Waals surface area contributed by atoms with E-state index in [9.17, 15) is 0 Å². The highest BCUT2D eigenvalue weighted by Crippen LogP contribution is 2.44. The minimum absolute atomic E-state index is 0.230. The molecular weight excluding hydrogens is 396 g/mol. The van der Waals surface area contributed by atoms with E-state index in [0.29, 0.717) is 37.0 Å². The van der Waals surface area contributed by atoms with Crippen molar-refractivity contribution in [2.75, 3.05) is 30.9 Å². The molecule has 2 fully saturated rings. The van der Waals surface area contributed by atoms with E-state index in [0.717, 1.165) is 47.8 Å². The van der Waals surface area contributed by atoms with Crippen molar-refractivity contribution >= 4 is 22.9 Å². The molecule has 1 saturated carbocycles. The molecular formula is C21H26N8O2. The third-order valence-corrected chi connectivity index (χ3v) is 6.87. The van der Waals surface area contributed by atoms with Gasteiger partial charge in [0.05, 0.1) is 18.3 Å². The second-order valence-corrected chi connectivity index (χ2v) is 9.13. The molecule has 31 heavy (non-hydrogen) atoms. The van der Waals surface area contributed by atoms with Gasteiger partial charge >= 0.3 is 0 Å². The zero-order chi connectivity index (χ0) is 21.3. The van der Waals surface area contributed by atoms with E-state index in [-0.39, 0.29) is 5.95 Å². The molecule has 5 heterocycles. The number of imidazole rings is 1. The standard InChI is InChI=1S/C21H26N8O2/c1-21(2)19-25-15-17(28(19)4-5-31-21)26-16(12-8-23-20(22)24-9-12)27-18(15)29-10-11-6-13(29)7-14(11)30-3/h8-9,11,13-14H,4-7,10H2,1-3H3,(H2,22,23,24). The maximum atomic E-state index is 6.00. The quantitative estimate of drug-likeness (QED) is 0.673. The van der Waals surface area contributed by atoms with Gasteiger partial charge in [0.15, 0.2) is 22.8 Å². The Morgan fingerprint density at radius 2 is 1.97 bits per heavy atom. The molecule has 0 aromatic carbocycles. The fraction of sp³-hybridized carbons (Fsp3) is 0.571. The smallest absolute Gasteiger partial charge is 0.219 e. The molecule has 0 spiro atoms. The van der Waals surface area contributed by atoms with Gasteiger partial charge in [-0.25, -0.2) is 24.9 Å². The van der Waals surface area contributed by atoms with Gasteiger partial charge in [0, 0.05) is 44.6 Å². The number of nitrogen functional groups attached to an aromatic ring is 1. The van der Waals surface area contributed by atoms with Crippen LogP contribution in [0.4, 0.5) is 11.8 Å². The fourth-order valence-electron chi connectivity index (χ4n) is 5.35. The second kappa shape index (κ2) is 6.57. The van der Waals surface area contributed by atoms with E-state index in [4.69, 9.17) is 30.2 Å². The van der Waals surface area contributed by atoms with Crippen molar-refractivity contribution in [3.05, 3.63) is 18.2 Å². The Morgan fingerprint density at radius 3 is 2.68 bits per heavy atom. The molecule has 0 amide bonds. The number of piperidine rings is 1. The van der Waals surface area contributed by atoms with Crippen molar-refractivity contribution < 1.29 is 9.47 Å². The summed E-state index contributed by atoms with van der Waals surface area (Å²) in [6, 6.07) is 0.395. The van der Waals surface area contributed by atoms with Gasteiger partial charge in [0.1, 0.15) is 11.4 Å². The van der Waals surface area contributed by atoms with Crippen LogP contribution in [0.2, 0.25) is 0 Å². The summed E-state index contributed by atoms with van der Waals surface area (Å²) < 4.78 is 13.9. The van der Waals surface area contributed by atoms with Crippen molar-refractivity contribution in [1.29, 1.82) is 0 Å². The molecule has 3 unspecified atom stereocenters. The lowest BCUT2D eigenvalue weighted by Gasteiger charge is -2.32. The highest BCUT2D eigenvalue weighted by molar-refractivity contribution is 5.87. The number of nitrogens with zero attached hydrogens (tertiary/aromatic N) is 7. The first-order valence-electron chi connectivity index (χ1n) is 10.7. The minimum Gasteiger partial charge on any atom is -0.381 e. The zero-order valence-electron chi connectivity index (χ0n) is 17.9. The van der Waals surface area contributed by atoms with Crippen molar-refractivity contribution in [3.63, 3.8) is 0 Å². The number of nitrogens with two attached hydrogens (primary N) is 1. The van der Waals surface area contributed by atoms with E-state index in [1.54, 1.807) is 12.4 Å². The van der Waals surface area contributed by atoms with Gasteiger partial charge in [-0.3, -0.25) is 0 Å². The number of aromatic nitrogens is 6. The molecule has 162 valence electrons. The minimum atomic E-state index is -0.480. The molecule has 3 aromatic rings. The molecule has 2 aliphatic heterocycles. The van der Waals surface area contributed by atoms with Crippen molar-refractivity contribution in [2.24, 2.45) is 5.92 Å². The first kappa shape index (κ1) is 18.9. The molecule has 1 aliphatic carbocycles. The Hall–Kier alpha value is -2.85. The molecule has 3 aromatic heterocycles. The van der Waals surface area contributed by atoms with Crippen LogP contribution in [0.3, 0.4) is 0 Å². The van der Waals surface area contributed by atoms with Crippen molar-refractivity contribution in [1.82, 2.24) is 29.5 Å². The molecule has 2 bridgehead atoms. The van der Waals surface area contributed by atoms with Gasteiger partial charge in [-0.1, -0.05) is 0 Å². The average Bonchev–Trinajstić information content (AvgIpc) is 3.46. The van der Waals surface area contributed by atoms with Crippen LogP contribution in [-0.2, 0) is 21.6 Å². The summed E-state index contributed by atoms with van der Waals surface area (Å²) >= 11 is 0. The third-order valence-electron chi connectivity index (χ3n) is 6.87. The van der Waals surface area contributed by atoms with E-state index in [1.165, 1.54) is 0 Å². The third kappa shape index (κ3) is 2.81. The van der Waals surface area contributed by atoms with Crippen LogP contribution < -0.4 is 10.6 Å². The Kier molecular flexibility index (Phi) is 4.00. The summed E-state index contributed by atoms with van der Waals surface area (Å²) in [7, 11) is 1.81. The lowest BCUT2D eigenvalue weighted by Crippen LogP contribution is -2.39. The number of fused-ring (bicyclic) bond motifs is 5. The van der Waals surface area contributed by atoms with Crippen LogP contribution in [0, 0.1) is 5.92 Å². The summed E-state index contributed by atoms with van der Waals surface area (Å²) in [6.07, 6.45) is 5.79. The Bertz CT molecular complexity index is 1160. The van der Waals surface area contributed by atoms with Gasteiger partial charge < -0.3 is 24.7 Å².